The van der Waals surface area contributed by atoms with Crippen LogP contribution in [-0.4, -0.2) is 32.9 Å². The fraction of sp³-hybridized carbons (Fsp3) is 0.278. The molecule has 0 radical (unpaired) electrons. The highest BCUT2D eigenvalue weighted by Crippen LogP contribution is 2.30. The molecule has 2 atom stereocenters. The van der Waals surface area contributed by atoms with Gasteiger partial charge in [0.2, 0.25) is 11.3 Å². The Labute approximate surface area is 148 Å². The zero-order chi connectivity index (χ0) is 19.0. The number of aromatic nitrogens is 1. The number of nitrogens with zero attached hydrogens (tertiary/aromatic N) is 2. The monoisotopic (exact) mass is 359 g/mol. The van der Waals surface area contributed by atoms with E-state index >= 15 is 0 Å². The number of nitrogens with two attached hydrogens (primary N) is 1. The number of aromatic hydroxyl groups is 1. The number of benzene rings is 1. The number of amides is 2. The lowest BCUT2D eigenvalue weighted by atomic mass is 9.96. The van der Waals surface area contributed by atoms with Crippen LogP contribution in [0.4, 0.5) is 4.39 Å². The van der Waals surface area contributed by atoms with E-state index in [2.05, 4.69) is 0 Å². The van der Waals surface area contributed by atoms with Crippen molar-refractivity contribution in [2.24, 2.45) is 11.7 Å². The molecule has 0 saturated heterocycles. The van der Waals surface area contributed by atoms with Gasteiger partial charge < -0.3 is 20.3 Å². The molecule has 1 aromatic heterocycles. The molecule has 0 fully saturated rings. The Hall–Kier alpha value is -3.16. The molecular formula is C18H18FN3O4. The van der Waals surface area contributed by atoms with Gasteiger partial charge in [-0.15, -0.1) is 0 Å². The highest BCUT2D eigenvalue weighted by Gasteiger charge is 2.37. The van der Waals surface area contributed by atoms with E-state index in [4.69, 9.17) is 5.73 Å². The number of pyridine rings is 1. The van der Waals surface area contributed by atoms with Crippen LogP contribution in [0.3, 0.4) is 0 Å². The van der Waals surface area contributed by atoms with Crippen molar-refractivity contribution in [3.05, 3.63) is 63.8 Å². The maximum Gasteiger partial charge on any atom is 0.274 e. The first kappa shape index (κ1) is 17.7. The smallest absolute Gasteiger partial charge is 0.274 e. The van der Waals surface area contributed by atoms with Crippen LogP contribution in [0, 0.1) is 11.7 Å². The van der Waals surface area contributed by atoms with Gasteiger partial charge in [0.1, 0.15) is 5.82 Å². The van der Waals surface area contributed by atoms with E-state index in [1.807, 2.05) is 0 Å². The van der Waals surface area contributed by atoms with Crippen molar-refractivity contribution in [2.75, 3.05) is 6.54 Å². The Kier molecular flexibility index (Phi) is 4.50. The van der Waals surface area contributed by atoms with E-state index in [1.54, 1.807) is 19.1 Å². The molecule has 0 bridgehead atoms. The lowest BCUT2D eigenvalue weighted by Crippen LogP contribution is -2.47. The van der Waals surface area contributed by atoms with Crippen LogP contribution < -0.4 is 11.2 Å². The Morgan fingerprint density at radius 3 is 2.58 bits per heavy atom. The van der Waals surface area contributed by atoms with Crippen LogP contribution in [0.5, 0.6) is 5.75 Å². The number of carbonyl (C=O) groups is 2. The molecule has 2 unspecified atom stereocenters. The van der Waals surface area contributed by atoms with E-state index < -0.39 is 40.8 Å². The first-order valence-electron chi connectivity index (χ1n) is 8.06. The first-order valence-corrected chi connectivity index (χ1v) is 8.06. The van der Waals surface area contributed by atoms with Crippen molar-refractivity contribution >= 4 is 11.8 Å². The largest absolute Gasteiger partial charge is 0.503 e. The summed E-state index contributed by atoms with van der Waals surface area (Å²) in [4.78, 5) is 37.7. The standard InChI is InChI=1S/C18H18FN3O4/c1-10(17(20)25)13-9-21(8-11-2-4-12(19)5-3-11)18(26)15-16(24)14(23)6-7-22(13)15/h2-7,10,13,24H,8-9H2,1H3,(H2,20,25). The molecule has 1 aliphatic heterocycles. The third-order valence-electron chi connectivity index (χ3n) is 4.67. The van der Waals surface area contributed by atoms with E-state index in [0.29, 0.717) is 5.56 Å². The number of hydrogen-bond acceptors (Lipinski definition) is 4. The highest BCUT2D eigenvalue weighted by atomic mass is 19.1. The zero-order valence-corrected chi connectivity index (χ0v) is 14.1. The van der Waals surface area contributed by atoms with Gasteiger partial charge in [-0.3, -0.25) is 14.4 Å². The normalized spacial score (nSPS) is 17.7. The van der Waals surface area contributed by atoms with Crippen LogP contribution in [-0.2, 0) is 11.3 Å². The van der Waals surface area contributed by atoms with Crippen molar-refractivity contribution in [1.29, 1.82) is 0 Å². The third-order valence-corrected chi connectivity index (χ3v) is 4.67. The van der Waals surface area contributed by atoms with Crippen molar-refractivity contribution in [3.63, 3.8) is 0 Å². The minimum absolute atomic E-state index is 0.142. The number of halogens is 1. The predicted molar refractivity (Wildman–Crippen MR) is 90.9 cm³/mol. The van der Waals surface area contributed by atoms with Gasteiger partial charge in [-0.2, -0.15) is 0 Å². The van der Waals surface area contributed by atoms with Crippen LogP contribution in [0.2, 0.25) is 0 Å². The van der Waals surface area contributed by atoms with Gasteiger partial charge in [-0.25, -0.2) is 4.39 Å². The van der Waals surface area contributed by atoms with Gasteiger partial charge in [0.25, 0.3) is 5.91 Å². The van der Waals surface area contributed by atoms with Crippen LogP contribution in [0.1, 0.15) is 29.0 Å². The fourth-order valence-corrected chi connectivity index (χ4v) is 3.11. The van der Waals surface area contributed by atoms with E-state index in [9.17, 15) is 23.9 Å². The predicted octanol–water partition coefficient (Wildman–Crippen LogP) is 1.01. The molecule has 26 heavy (non-hydrogen) atoms. The SMILES string of the molecule is CC(C(N)=O)C1CN(Cc2ccc(F)cc2)C(=O)c2c(O)c(=O)ccn21. The van der Waals surface area contributed by atoms with Gasteiger partial charge >= 0.3 is 0 Å². The Morgan fingerprint density at radius 2 is 1.96 bits per heavy atom. The molecule has 8 heteroatoms. The molecule has 1 aromatic carbocycles. The molecule has 136 valence electrons. The Morgan fingerprint density at radius 1 is 1.31 bits per heavy atom. The Bertz CT molecular complexity index is 923. The molecule has 7 nitrogen and oxygen atoms in total. The maximum absolute atomic E-state index is 13.1. The average Bonchev–Trinajstić information content (AvgIpc) is 2.61. The molecule has 1 aliphatic rings. The summed E-state index contributed by atoms with van der Waals surface area (Å²) in [5.74, 6) is -2.80. The summed E-state index contributed by atoms with van der Waals surface area (Å²) in [5.41, 5.74) is 5.24. The topological polar surface area (TPSA) is 106 Å². The van der Waals surface area contributed by atoms with Crippen molar-refractivity contribution in [2.45, 2.75) is 19.5 Å². The molecule has 2 heterocycles. The quantitative estimate of drug-likeness (QED) is 0.850. The summed E-state index contributed by atoms with van der Waals surface area (Å²) < 4.78 is 14.5. The summed E-state index contributed by atoms with van der Waals surface area (Å²) in [6, 6.07) is 6.25. The van der Waals surface area contributed by atoms with Crippen molar-refractivity contribution in [1.82, 2.24) is 9.47 Å². The number of rotatable bonds is 4. The van der Waals surface area contributed by atoms with Crippen molar-refractivity contribution in [3.8, 4) is 5.75 Å². The summed E-state index contributed by atoms with van der Waals surface area (Å²) in [6.07, 6.45) is 1.38. The average molecular weight is 359 g/mol. The summed E-state index contributed by atoms with van der Waals surface area (Å²) in [5, 5.41) is 10.1. The van der Waals surface area contributed by atoms with E-state index in [-0.39, 0.29) is 18.8 Å². The second-order valence-electron chi connectivity index (χ2n) is 6.36. The Balaban J connectivity index is 2.04. The minimum atomic E-state index is -0.682. The first-order chi connectivity index (χ1) is 12.3. The molecule has 0 spiro atoms. The fourth-order valence-electron chi connectivity index (χ4n) is 3.11. The van der Waals surface area contributed by atoms with Gasteiger partial charge in [-0.1, -0.05) is 19.1 Å². The van der Waals surface area contributed by atoms with Crippen molar-refractivity contribution < 1.29 is 19.1 Å². The van der Waals surface area contributed by atoms with Crippen LogP contribution >= 0.6 is 0 Å². The van der Waals surface area contributed by atoms with Crippen LogP contribution in [0.15, 0.2) is 41.3 Å². The van der Waals surface area contributed by atoms with Gasteiger partial charge in [-0.05, 0) is 17.7 Å². The molecular weight excluding hydrogens is 341 g/mol. The number of carbonyl (C=O) groups excluding carboxylic acids is 2. The highest BCUT2D eigenvalue weighted by molar-refractivity contribution is 5.96. The molecule has 3 rings (SSSR count). The minimum Gasteiger partial charge on any atom is -0.503 e. The van der Waals surface area contributed by atoms with Crippen LogP contribution in [0.25, 0.3) is 0 Å². The third kappa shape index (κ3) is 3.05. The summed E-state index contributed by atoms with van der Waals surface area (Å²) >= 11 is 0. The summed E-state index contributed by atoms with van der Waals surface area (Å²) in [7, 11) is 0. The van der Waals surface area contributed by atoms with Gasteiger partial charge in [0.05, 0.1) is 12.0 Å². The van der Waals surface area contributed by atoms with E-state index in [1.165, 1.54) is 27.8 Å². The molecule has 2 amide bonds. The van der Waals surface area contributed by atoms with Gasteiger partial charge in [0, 0.05) is 25.4 Å². The molecule has 3 N–H and O–H groups in total. The molecule has 0 aliphatic carbocycles. The lowest BCUT2D eigenvalue weighted by Gasteiger charge is -2.38. The number of hydrogen-bond donors (Lipinski definition) is 2. The zero-order valence-electron chi connectivity index (χ0n) is 14.1. The van der Waals surface area contributed by atoms with Gasteiger partial charge in [0.15, 0.2) is 11.4 Å². The second kappa shape index (κ2) is 6.62. The number of primary amides is 1. The second-order valence-corrected chi connectivity index (χ2v) is 6.36. The summed E-state index contributed by atoms with van der Waals surface area (Å²) in [6.45, 7) is 1.93. The lowest BCUT2D eigenvalue weighted by molar-refractivity contribution is -0.122. The maximum atomic E-state index is 13.1. The molecule has 2 aromatic rings. The molecule has 0 saturated carbocycles. The number of fused-ring (bicyclic) bond motifs is 1. The van der Waals surface area contributed by atoms with E-state index in [0.717, 1.165) is 6.07 Å².